The van der Waals surface area contributed by atoms with E-state index in [1.54, 1.807) is 0 Å². The number of epoxide rings is 1. The molecule has 2 fully saturated rings. The highest BCUT2D eigenvalue weighted by atomic mass is 16.6. The van der Waals surface area contributed by atoms with Crippen molar-refractivity contribution in [3.8, 4) is 0 Å². The Morgan fingerprint density at radius 1 is 1.75 bits per heavy atom. The first-order valence-corrected chi connectivity index (χ1v) is 3.20. The summed E-state index contributed by atoms with van der Waals surface area (Å²) in [6.45, 7) is 4.33. The molecular weight excluding hydrogens is 102 g/mol. The maximum absolute atomic E-state index is 5.22. The zero-order valence-electron chi connectivity index (χ0n) is 5.11. The van der Waals surface area contributed by atoms with E-state index in [9.17, 15) is 0 Å². The van der Waals surface area contributed by atoms with Gasteiger partial charge in [0.05, 0.1) is 6.61 Å². The van der Waals surface area contributed by atoms with Gasteiger partial charge in [0.2, 0.25) is 0 Å². The van der Waals surface area contributed by atoms with E-state index in [1.807, 2.05) is 0 Å². The van der Waals surface area contributed by atoms with Gasteiger partial charge >= 0.3 is 0 Å². The van der Waals surface area contributed by atoms with Crippen LogP contribution in [0, 0.1) is 5.92 Å². The van der Waals surface area contributed by atoms with Gasteiger partial charge in [-0.25, -0.2) is 0 Å². The van der Waals surface area contributed by atoms with Crippen molar-refractivity contribution in [3.63, 3.8) is 0 Å². The van der Waals surface area contributed by atoms with Crippen molar-refractivity contribution in [2.75, 3.05) is 13.2 Å². The average molecular weight is 113 g/mol. The van der Waals surface area contributed by atoms with Crippen LogP contribution < -0.4 is 5.32 Å². The van der Waals surface area contributed by atoms with Gasteiger partial charge < -0.3 is 4.74 Å². The first-order valence-electron chi connectivity index (χ1n) is 3.20. The standard InChI is InChI=1S/C6H11NO/c1-5-2-6(4-8-6)7-3-5/h5,7H,2-4H2,1H3. The molecule has 0 saturated carbocycles. The molecule has 2 unspecified atom stereocenters. The van der Waals surface area contributed by atoms with Gasteiger partial charge in [-0.1, -0.05) is 6.92 Å². The molecule has 46 valence electrons. The summed E-state index contributed by atoms with van der Waals surface area (Å²) < 4.78 is 5.22. The molecule has 2 heteroatoms. The summed E-state index contributed by atoms with van der Waals surface area (Å²) in [6.07, 6.45) is 1.22. The Kier molecular flexibility index (Phi) is 0.746. The summed E-state index contributed by atoms with van der Waals surface area (Å²) in [4.78, 5) is 0. The van der Waals surface area contributed by atoms with Gasteiger partial charge in [0, 0.05) is 6.54 Å². The molecule has 0 aromatic carbocycles. The second-order valence-electron chi connectivity index (χ2n) is 2.97. The van der Waals surface area contributed by atoms with E-state index in [-0.39, 0.29) is 5.72 Å². The van der Waals surface area contributed by atoms with Crippen molar-refractivity contribution in [2.24, 2.45) is 5.92 Å². The second-order valence-corrected chi connectivity index (χ2v) is 2.97. The molecule has 0 aromatic rings. The molecule has 2 nitrogen and oxygen atoms in total. The van der Waals surface area contributed by atoms with Crippen LogP contribution in [0.25, 0.3) is 0 Å². The molecule has 2 heterocycles. The lowest BCUT2D eigenvalue weighted by atomic mass is 10.1. The topological polar surface area (TPSA) is 24.6 Å². The second kappa shape index (κ2) is 1.25. The van der Waals surface area contributed by atoms with E-state index >= 15 is 0 Å². The van der Waals surface area contributed by atoms with Crippen molar-refractivity contribution in [2.45, 2.75) is 19.1 Å². The monoisotopic (exact) mass is 113 g/mol. The fraction of sp³-hybridized carbons (Fsp3) is 1.00. The molecule has 0 bridgehead atoms. The number of hydrogen-bond acceptors (Lipinski definition) is 2. The molecule has 1 spiro atoms. The zero-order valence-corrected chi connectivity index (χ0v) is 5.11. The Balaban J connectivity index is 2.03. The smallest absolute Gasteiger partial charge is 0.143 e. The average Bonchev–Trinajstić information content (AvgIpc) is 2.34. The zero-order chi connectivity index (χ0) is 5.61. The predicted molar refractivity (Wildman–Crippen MR) is 30.5 cm³/mol. The van der Waals surface area contributed by atoms with Gasteiger partial charge in [-0.05, 0) is 12.3 Å². The SMILES string of the molecule is CC1CNC2(CO2)C1. The normalized spacial score (nSPS) is 52.9. The molecule has 0 amide bonds. The van der Waals surface area contributed by atoms with Crippen LogP contribution in [0.4, 0.5) is 0 Å². The number of rotatable bonds is 0. The lowest BCUT2D eigenvalue weighted by molar-refractivity contribution is 0.280. The van der Waals surface area contributed by atoms with Crippen LogP contribution in [0.1, 0.15) is 13.3 Å². The maximum Gasteiger partial charge on any atom is 0.143 e. The molecule has 0 aromatic heterocycles. The largest absolute Gasteiger partial charge is 0.354 e. The van der Waals surface area contributed by atoms with Gasteiger partial charge in [0.25, 0.3) is 0 Å². The fourth-order valence-corrected chi connectivity index (χ4v) is 1.37. The molecular formula is C6H11NO. The van der Waals surface area contributed by atoms with Gasteiger partial charge in [-0.15, -0.1) is 0 Å². The Hall–Kier alpha value is -0.0800. The third kappa shape index (κ3) is 0.565. The minimum absolute atomic E-state index is 0.166. The van der Waals surface area contributed by atoms with Gasteiger partial charge in [0.1, 0.15) is 5.72 Å². The first kappa shape index (κ1) is 4.77. The van der Waals surface area contributed by atoms with Crippen molar-refractivity contribution < 1.29 is 4.74 Å². The number of hydrogen-bond donors (Lipinski definition) is 1. The van der Waals surface area contributed by atoms with Crippen molar-refractivity contribution in [1.82, 2.24) is 5.32 Å². The minimum atomic E-state index is 0.166. The van der Waals surface area contributed by atoms with Crippen molar-refractivity contribution >= 4 is 0 Å². The molecule has 2 atom stereocenters. The van der Waals surface area contributed by atoms with Crippen LogP contribution in [0.5, 0.6) is 0 Å². The number of ether oxygens (including phenoxy) is 1. The molecule has 0 radical (unpaired) electrons. The van der Waals surface area contributed by atoms with Crippen LogP contribution in [0.3, 0.4) is 0 Å². The molecule has 2 aliphatic heterocycles. The molecule has 1 N–H and O–H groups in total. The Bertz CT molecular complexity index is 109. The Labute approximate surface area is 49.2 Å². The van der Waals surface area contributed by atoms with Gasteiger partial charge in [-0.2, -0.15) is 0 Å². The van der Waals surface area contributed by atoms with Gasteiger partial charge in [-0.3, -0.25) is 5.32 Å². The van der Waals surface area contributed by atoms with E-state index in [0.717, 1.165) is 19.1 Å². The van der Waals surface area contributed by atoms with Crippen LogP contribution in [0.2, 0.25) is 0 Å². The maximum atomic E-state index is 5.22. The molecule has 2 rings (SSSR count). The summed E-state index contributed by atoms with van der Waals surface area (Å²) >= 11 is 0. The Morgan fingerprint density at radius 2 is 2.50 bits per heavy atom. The Morgan fingerprint density at radius 3 is 2.75 bits per heavy atom. The fourth-order valence-electron chi connectivity index (χ4n) is 1.37. The summed E-state index contributed by atoms with van der Waals surface area (Å²) in [5, 5.41) is 3.33. The molecule has 8 heavy (non-hydrogen) atoms. The third-order valence-electron chi connectivity index (χ3n) is 1.94. The van der Waals surface area contributed by atoms with E-state index < -0.39 is 0 Å². The van der Waals surface area contributed by atoms with Crippen LogP contribution in [0.15, 0.2) is 0 Å². The van der Waals surface area contributed by atoms with E-state index in [2.05, 4.69) is 12.2 Å². The van der Waals surface area contributed by atoms with Crippen molar-refractivity contribution in [3.05, 3.63) is 0 Å². The van der Waals surface area contributed by atoms with Crippen molar-refractivity contribution in [1.29, 1.82) is 0 Å². The molecule has 2 aliphatic rings. The van der Waals surface area contributed by atoms with Crippen LogP contribution >= 0.6 is 0 Å². The summed E-state index contributed by atoms with van der Waals surface area (Å²) in [5.41, 5.74) is 0.166. The summed E-state index contributed by atoms with van der Waals surface area (Å²) in [7, 11) is 0. The molecule has 2 saturated heterocycles. The highest BCUT2D eigenvalue weighted by molar-refractivity contribution is 4.96. The molecule has 0 aliphatic carbocycles. The lowest BCUT2D eigenvalue weighted by Crippen LogP contribution is -2.24. The summed E-state index contributed by atoms with van der Waals surface area (Å²) in [6, 6.07) is 0. The van der Waals surface area contributed by atoms with Gasteiger partial charge in [0.15, 0.2) is 0 Å². The quantitative estimate of drug-likeness (QED) is 0.458. The minimum Gasteiger partial charge on any atom is -0.354 e. The van der Waals surface area contributed by atoms with Crippen LogP contribution in [-0.2, 0) is 4.74 Å². The van der Waals surface area contributed by atoms with E-state index in [0.29, 0.717) is 0 Å². The van der Waals surface area contributed by atoms with E-state index in [1.165, 1.54) is 6.42 Å². The van der Waals surface area contributed by atoms with E-state index in [4.69, 9.17) is 4.74 Å². The predicted octanol–water partition coefficient (Wildman–Crippen LogP) is 0.342. The first-order chi connectivity index (χ1) is 3.81. The summed E-state index contributed by atoms with van der Waals surface area (Å²) in [5.74, 6) is 0.817. The highest BCUT2D eigenvalue weighted by Gasteiger charge is 2.49. The number of nitrogens with one attached hydrogen (secondary N) is 1. The lowest BCUT2D eigenvalue weighted by Gasteiger charge is -1.97. The highest BCUT2D eigenvalue weighted by Crippen LogP contribution is 2.35. The van der Waals surface area contributed by atoms with Crippen LogP contribution in [-0.4, -0.2) is 18.9 Å². The third-order valence-corrected chi connectivity index (χ3v) is 1.94.